The lowest BCUT2D eigenvalue weighted by Gasteiger charge is -2.10. The average Bonchev–Trinajstić information content (AvgIpc) is 2.93. The number of benzene rings is 1. The van der Waals surface area contributed by atoms with Gasteiger partial charge in [-0.05, 0) is 22.0 Å². The molecule has 108 valence electrons. The van der Waals surface area contributed by atoms with Gasteiger partial charge < -0.3 is 10.1 Å². The van der Waals surface area contributed by atoms with Crippen LogP contribution in [0.5, 0.6) is 11.6 Å². The molecule has 0 bridgehead atoms. The molecule has 5 nitrogen and oxygen atoms in total. The van der Waals surface area contributed by atoms with E-state index >= 15 is 0 Å². The first-order valence-electron chi connectivity index (χ1n) is 5.92. The van der Waals surface area contributed by atoms with Gasteiger partial charge in [0.15, 0.2) is 0 Å². The van der Waals surface area contributed by atoms with Crippen LogP contribution in [0.15, 0.2) is 35.2 Å². The average molecular weight is 388 g/mol. The number of hydrogen-bond acceptors (Lipinski definition) is 4. The predicted octanol–water partition coefficient (Wildman–Crippen LogP) is 4.63. The number of nitrogens with one attached hydrogen (secondary N) is 1. The van der Waals surface area contributed by atoms with Crippen LogP contribution in [-0.4, -0.2) is 21.4 Å². The highest BCUT2D eigenvalue weighted by molar-refractivity contribution is 9.10. The second-order valence-electron chi connectivity index (χ2n) is 4.14. The van der Waals surface area contributed by atoms with Crippen molar-refractivity contribution in [2.75, 3.05) is 12.4 Å². The molecular formula is C13H9BrCl2N4O. The van der Waals surface area contributed by atoms with Gasteiger partial charge in [-0.25, -0.2) is 4.98 Å². The standard InChI is InChI=1S/C13H9BrCl2N4O/c1-17-11-6-20-3-2-18-12(20)13(19-11)21-10-5-8(15)7(14)4-9(10)16/h2-6,17H,1H3. The Hall–Kier alpha value is -1.50. The summed E-state index contributed by atoms with van der Waals surface area (Å²) in [5.74, 6) is 1.40. The van der Waals surface area contributed by atoms with Crippen molar-refractivity contribution >= 4 is 50.6 Å². The monoisotopic (exact) mass is 386 g/mol. The van der Waals surface area contributed by atoms with Crippen LogP contribution in [0.2, 0.25) is 10.0 Å². The zero-order valence-electron chi connectivity index (χ0n) is 10.8. The lowest BCUT2D eigenvalue weighted by atomic mass is 10.3. The van der Waals surface area contributed by atoms with E-state index in [0.717, 1.165) is 0 Å². The highest BCUT2D eigenvalue weighted by Crippen LogP contribution is 2.37. The van der Waals surface area contributed by atoms with Crippen LogP contribution in [0.25, 0.3) is 5.65 Å². The van der Waals surface area contributed by atoms with E-state index < -0.39 is 0 Å². The number of rotatable bonds is 3. The summed E-state index contributed by atoms with van der Waals surface area (Å²) in [6.07, 6.45) is 5.28. The number of fused-ring (bicyclic) bond motifs is 1. The highest BCUT2D eigenvalue weighted by Gasteiger charge is 2.13. The first-order chi connectivity index (χ1) is 10.1. The van der Waals surface area contributed by atoms with E-state index in [9.17, 15) is 0 Å². The van der Waals surface area contributed by atoms with Gasteiger partial charge in [0.25, 0.3) is 5.88 Å². The normalized spacial score (nSPS) is 10.9. The van der Waals surface area contributed by atoms with Crippen molar-refractivity contribution in [3.63, 3.8) is 0 Å². The highest BCUT2D eigenvalue weighted by atomic mass is 79.9. The summed E-state index contributed by atoms with van der Waals surface area (Å²) in [5, 5.41) is 3.89. The maximum Gasteiger partial charge on any atom is 0.265 e. The Bertz CT molecular complexity index is 821. The van der Waals surface area contributed by atoms with Gasteiger partial charge in [0, 0.05) is 30.0 Å². The van der Waals surface area contributed by atoms with Crippen LogP contribution in [-0.2, 0) is 0 Å². The Kier molecular flexibility index (Phi) is 3.93. The summed E-state index contributed by atoms with van der Waals surface area (Å²) in [6, 6.07) is 3.30. The molecule has 3 rings (SSSR count). The zero-order valence-corrected chi connectivity index (χ0v) is 13.9. The molecule has 2 aromatic heterocycles. The minimum Gasteiger partial charge on any atom is -0.434 e. The summed E-state index contributed by atoms with van der Waals surface area (Å²) in [4.78, 5) is 8.57. The number of aromatic nitrogens is 3. The Morgan fingerprint density at radius 1 is 1.29 bits per heavy atom. The lowest BCUT2D eigenvalue weighted by molar-refractivity contribution is 0.466. The van der Waals surface area contributed by atoms with Crippen LogP contribution < -0.4 is 10.1 Å². The van der Waals surface area contributed by atoms with E-state index in [1.165, 1.54) is 0 Å². The molecule has 0 amide bonds. The Labute approximate surface area is 139 Å². The smallest absolute Gasteiger partial charge is 0.265 e. The minimum atomic E-state index is 0.340. The van der Waals surface area contributed by atoms with Crippen LogP contribution in [0.3, 0.4) is 0 Å². The Balaban J connectivity index is 2.09. The molecule has 0 saturated heterocycles. The summed E-state index contributed by atoms with van der Waals surface area (Å²) < 4.78 is 8.29. The van der Waals surface area contributed by atoms with Crippen molar-refractivity contribution in [1.82, 2.24) is 14.4 Å². The molecule has 0 aliphatic carbocycles. The number of halogens is 3. The quantitative estimate of drug-likeness (QED) is 0.665. The number of ether oxygens (including phenoxy) is 1. The lowest BCUT2D eigenvalue weighted by Crippen LogP contribution is -2.00. The second-order valence-corrected chi connectivity index (χ2v) is 5.81. The minimum absolute atomic E-state index is 0.340. The van der Waals surface area contributed by atoms with Crippen molar-refractivity contribution < 1.29 is 4.74 Å². The van der Waals surface area contributed by atoms with Gasteiger partial charge in [0.2, 0.25) is 5.65 Å². The van der Waals surface area contributed by atoms with Crippen LogP contribution in [0.1, 0.15) is 0 Å². The van der Waals surface area contributed by atoms with Crippen molar-refractivity contribution in [2.24, 2.45) is 0 Å². The molecule has 0 atom stereocenters. The van der Waals surface area contributed by atoms with Gasteiger partial charge in [-0.15, -0.1) is 0 Å². The van der Waals surface area contributed by atoms with Crippen molar-refractivity contribution in [3.8, 4) is 11.6 Å². The summed E-state index contributed by atoms with van der Waals surface area (Å²) in [5.41, 5.74) is 0.587. The molecule has 0 aliphatic heterocycles. The third kappa shape index (κ3) is 2.79. The van der Waals surface area contributed by atoms with Crippen LogP contribution in [0.4, 0.5) is 5.82 Å². The molecule has 1 aromatic carbocycles. The zero-order chi connectivity index (χ0) is 15.0. The number of nitrogens with zero attached hydrogens (tertiary/aromatic N) is 3. The van der Waals surface area contributed by atoms with E-state index in [1.807, 2.05) is 10.6 Å². The van der Waals surface area contributed by atoms with Crippen LogP contribution in [0, 0.1) is 0 Å². The maximum atomic E-state index is 6.17. The molecule has 0 radical (unpaired) electrons. The molecule has 8 heteroatoms. The fourth-order valence-corrected chi connectivity index (χ4v) is 2.61. The van der Waals surface area contributed by atoms with E-state index in [2.05, 4.69) is 31.2 Å². The third-order valence-corrected chi connectivity index (χ3v) is 4.27. The van der Waals surface area contributed by atoms with Crippen LogP contribution >= 0.6 is 39.1 Å². The predicted molar refractivity (Wildman–Crippen MR) is 86.8 cm³/mol. The molecule has 0 unspecified atom stereocenters. The fourth-order valence-electron chi connectivity index (χ4n) is 1.78. The number of imidazole rings is 1. The molecule has 3 aromatic rings. The Morgan fingerprint density at radius 3 is 2.86 bits per heavy atom. The molecule has 0 aliphatic rings. The topological polar surface area (TPSA) is 51.5 Å². The summed E-state index contributed by atoms with van der Waals surface area (Å²) in [7, 11) is 1.78. The van der Waals surface area contributed by atoms with Crippen molar-refractivity contribution in [1.29, 1.82) is 0 Å². The molecule has 21 heavy (non-hydrogen) atoms. The van der Waals surface area contributed by atoms with Gasteiger partial charge in [-0.2, -0.15) is 4.98 Å². The van der Waals surface area contributed by atoms with Crippen molar-refractivity contribution in [3.05, 3.63) is 45.2 Å². The van der Waals surface area contributed by atoms with E-state index in [0.29, 0.717) is 37.6 Å². The SMILES string of the molecule is CNc1cn2ccnc2c(Oc2cc(Cl)c(Br)cc2Cl)n1. The molecule has 0 saturated carbocycles. The van der Waals surface area contributed by atoms with Gasteiger partial charge in [0.05, 0.1) is 16.2 Å². The third-order valence-electron chi connectivity index (χ3n) is 2.78. The fraction of sp³-hybridized carbons (Fsp3) is 0.0769. The van der Waals surface area contributed by atoms with Crippen molar-refractivity contribution in [2.45, 2.75) is 0 Å². The van der Waals surface area contributed by atoms with Gasteiger partial charge in [-0.1, -0.05) is 23.2 Å². The molecular weight excluding hydrogens is 379 g/mol. The van der Waals surface area contributed by atoms with Gasteiger partial charge in [0.1, 0.15) is 11.6 Å². The van der Waals surface area contributed by atoms with E-state index in [4.69, 9.17) is 27.9 Å². The van der Waals surface area contributed by atoms with E-state index in [-0.39, 0.29) is 0 Å². The van der Waals surface area contributed by atoms with Gasteiger partial charge >= 0.3 is 0 Å². The number of hydrogen-bond donors (Lipinski definition) is 1. The largest absolute Gasteiger partial charge is 0.434 e. The molecule has 2 heterocycles. The summed E-state index contributed by atoms with van der Waals surface area (Å²) >= 11 is 15.5. The Morgan fingerprint density at radius 2 is 2.10 bits per heavy atom. The number of anilines is 1. The summed E-state index contributed by atoms with van der Waals surface area (Å²) in [6.45, 7) is 0. The molecule has 0 fully saturated rings. The molecule has 1 N–H and O–H groups in total. The first-order valence-corrected chi connectivity index (χ1v) is 7.47. The van der Waals surface area contributed by atoms with E-state index in [1.54, 1.807) is 31.6 Å². The first kappa shape index (κ1) is 14.4. The van der Waals surface area contributed by atoms with Gasteiger partial charge in [-0.3, -0.25) is 4.40 Å². The molecule has 0 spiro atoms. The maximum absolute atomic E-state index is 6.17. The second kappa shape index (κ2) is 5.71.